The fourth-order valence-electron chi connectivity index (χ4n) is 1.20. The smallest absolute Gasteiger partial charge is 0.394 e. The minimum Gasteiger partial charge on any atom is -0.459 e. The van der Waals surface area contributed by atoms with Crippen LogP contribution in [0.25, 0.3) is 11.1 Å². The SMILES string of the molecule is CCOC(=O)c1nc2cccc(Br)c2o1. The molecular weight excluding hydrogens is 262 g/mol. The number of ether oxygens (including phenoxy) is 1. The van der Waals surface area contributed by atoms with Crippen molar-refractivity contribution >= 4 is 33.0 Å². The van der Waals surface area contributed by atoms with Gasteiger partial charge in [-0.15, -0.1) is 0 Å². The first kappa shape index (κ1) is 10.2. The van der Waals surface area contributed by atoms with Gasteiger partial charge in [-0.1, -0.05) is 6.07 Å². The van der Waals surface area contributed by atoms with Crippen molar-refractivity contribution in [3.8, 4) is 0 Å². The second kappa shape index (κ2) is 4.02. The normalized spacial score (nSPS) is 10.5. The summed E-state index contributed by atoms with van der Waals surface area (Å²) in [5.41, 5.74) is 1.19. The molecule has 0 aliphatic heterocycles. The Kier molecular flexibility index (Phi) is 2.73. The number of benzene rings is 1. The van der Waals surface area contributed by atoms with Gasteiger partial charge >= 0.3 is 11.9 Å². The molecule has 0 saturated carbocycles. The van der Waals surface area contributed by atoms with Gasteiger partial charge < -0.3 is 9.15 Å². The van der Waals surface area contributed by atoms with Crippen molar-refractivity contribution in [2.45, 2.75) is 6.92 Å². The summed E-state index contributed by atoms with van der Waals surface area (Å²) in [6.07, 6.45) is 0. The van der Waals surface area contributed by atoms with Crippen molar-refractivity contribution in [3.05, 3.63) is 28.6 Å². The Hall–Kier alpha value is -1.36. The zero-order valence-electron chi connectivity index (χ0n) is 7.99. The molecule has 0 bridgehead atoms. The molecule has 78 valence electrons. The highest BCUT2D eigenvalue weighted by Gasteiger charge is 2.16. The van der Waals surface area contributed by atoms with Crippen LogP contribution in [0.15, 0.2) is 27.1 Å². The van der Waals surface area contributed by atoms with Gasteiger partial charge in [0.2, 0.25) is 0 Å². The van der Waals surface area contributed by atoms with Crippen LogP contribution in [0, 0.1) is 0 Å². The average Bonchev–Trinajstić information content (AvgIpc) is 2.63. The molecule has 0 fully saturated rings. The highest BCUT2D eigenvalue weighted by Crippen LogP contribution is 2.24. The van der Waals surface area contributed by atoms with Crippen molar-refractivity contribution in [2.24, 2.45) is 0 Å². The molecule has 1 aromatic carbocycles. The zero-order chi connectivity index (χ0) is 10.8. The van der Waals surface area contributed by atoms with Crippen molar-refractivity contribution in [3.63, 3.8) is 0 Å². The highest BCUT2D eigenvalue weighted by molar-refractivity contribution is 9.10. The zero-order valence-corrected chi connectivity index (χ0v) is 9.58. The lowest BCUT2D eigenvalue weighted by Gasteiger charge is -1.94. The van der Waals surface area contributed by atoms with Crippen LogP contribution in [0.1, 0.15) is 17.6 Å². The van der Waals surface area contributed by atoms with E-state index in [4.69, 9.17) is 9.15 Å². The molecule has 0 spiro atoms. The number of rotatable bonds is 2. The first-order valence-corrected chi connectivity index (χ1v) is 5.24. The summed E-state index contributed by atoms with van der Waals surface area (Å²) in [5.74, 6) is -0.556. The van der Waals surface area contributed by atoms with Crippen molar-refractivity contribution in [1.82, 2.24) is 4.98 Å². The Bertz CT molecular complexity index is 506. The molecule has 0 aliphatic carbocycles. The quantitative estimate of drug-likeness (QED) is 0.787. The van der Waals surface area contributed by atoms with Gasteiger partial charge in [-0.05, 0) is 35.0 Å². The van der Waals surface area contributed by atoms with Gasteiger partial charge in [0.05, 0.1) is 11.1 Å². The van der Waals surface area contributed by atoms with Crippen LogP contribution in [0.2, 0.25) is 0 Å². The Morgan fingerprint density at radius 3 is 3.07 bits per heavy atom. The van der Waals surface area contributed by atoms with Crippen LogP contribution < -0.4 is 0 Å². The highest BCUT2D eigenvalue weighted by atomic mass is 79.9. The minimum absolute atomic E-state index is 0.0150. The van der Waals surface area contributed by atoms with Gasteiger partial charge in [-0.25, -0.2) is 9.78 Å². The molecule has 0 saturated heterocycles. The second-order valence-electron chi connectivity index (χ2n) is 2.83. The van der Waals surface area contributed by atoms with E-state index < -0.39 is 5.97 Å². The lowest BCUT2D eigenvalue weighted by molar-refractivity contribution is 0.0483. The fraction of sp³-hybridized carbons (Fsp3) is 0.200. The third kappa shape index (κ3) is 1.87. The van der Waals surface area contributed by atoms with Gasteiger partial charge in [0, 0.05) is 0 Å². The number of hydrogen-bond donors (Lipinski definition) is 0. The van der Waals surface area contributed by atoms with Crippen LogP contribution in [0.5, 0.6) is 0 Å². The number of esters is 1. The topological polar surface area (TPSA) is 52.3 Å². The van der Waals surface area contributed by atoms with E-state index >= 15 is 0 Å². The predicted octanol–water partition coefficient (Wildman–Crippen LogP) is 2.77. The van der Waals surface area contributed by atoms with E-state index in [0.717, 1.165) is 4.47 Å². The third-order valence-corrected chi connectivity index (χ3v) is 2.44. The van der Waals surface area contributed by atoms with E-state index in [0.29, 0.717) is 17.7 Å². The minimum atomic E-state index is -0.541. The molecule has 0 amide bonds. The third-order valence-electron chi connectivity index (χ3n) is 1.82. The first-order valence-electron chi connectivity index (χ1n) is 4.44. The Balaban J connectivity index is 2.47. The molecule has 4 nitrogen and oxygen atoms in total. The van der Waals surface area contributed by atoms with E-state index in [1.54, 1.807) is 13.0 Å². The standard InChI is InChI=1S/C10H8BrNO3/c1-2-14-10(13)9-12-7-5-3-4-6(11)8(7)15-9/h3-5H,2H2,1H3. The summed E-state index contributed by atoms with van der Waals surface area (Å²) in [6, 6.07) is 5.42. The number of halogens is 1. The predicted molar refractivity (Wildman–Crippen MR) is 57.7 cm³/mol. The van der Waals surface area contributed by atoms with Crippen LogP contribution >= 0.6 is 15.9 Å². The van der Waals surface area contributed by atoms with Crippen LogP contribution in [0.4, 0.5) is 0 Å². The number of nitrogens with zero attached hydrogens (tertiary/aromatic N) is 1. The molecular formula is C10H8BrNO3. The maximum Gasteiger partial charge on any atom is 0.394 e. The van der Waals surface area contributed by atoms with Crippen molar-refractivity contribution < 1.29 is 13.9 Å². The average molecular weight is 270 g/mol. The molecule has 1 aromatic heterocycles. The summed E-state index contributed by atoms with van der Waals surface area (Å²) in [5, 5.41) is 0. The monoisotopic (exact) mass is 269 g/mol. The maximum absolute atomic E-state index is 11.3. The molecule has 0 N–H and O–H groups in total. The lowest BCUT2D eigenvalue weighted by atomic mass is 10.3. The van der Waals surface area contributed by atoms with Crippen molar-refractivity contribution in [1.29, 1.82) is 0 Å². The Labute approximate surface area is 94.4 Å². The molecule has 0 radical (unpaired) electrons. The number of fused-ring (bicyclic) bond motifs is 1. The molecule has 0 atom stereocenters. The van der Waals surface area contributed by atoms with Crippen LogP contribution in [-0.4, -0.2) is 17.6 Å². The summed E-state index contributed by atoms with van der Waals surface area (Å²) in [6.45, 7) is 2.04. The van der Waals surface area contributed by atoms with Crippen LogP contribution in [-0.2, 0) is 4.74 Å². The summed E-state index contributed by atoms with van der Waals surface area (Å²) < 4.78 is 10.8. The number of carbonyl (C=O) groups excluding carboxylic acids is 1. The molecule has 0 unspecified atom stereocenters. The molecule has 5 heteroatoms. The van der Waals surface area contributed by atoms with Gasteiger partial charge in [-0.2, -0.15) is 0 Å². The Morgan fingerprint density at radius 2 is 2.40 bits per heavy atom. The second-order valence-corrected chi connectivity index (χ2v) is 3.68. The number of carbonyl (C=O) groups is 1. The van der Waals surface area contributed by atoms with Gasteiger partial charge in [-0.3, -0.25) is 0 Å². The van der Waals surface area contributed by atoms with Gasteiger partial charge in [0.15, 0.2) is 5.58 Å². The fourth-order valence-corrected chi connectivity index (χ4v) is 1.63. The first-order chi connectivity index (χ1) is 7.22. The van der Waals surface area contributed by atoms with Gasteiger partial charge in [0.25, 0.3) is 0 Å². The molecule has 1 heterocycles. The number of para-hydroxylation sites is 1. The molecule has 2 aromatic rings. The van der Waals surface area contributed by atoms with Crippen LogP contribution in [0.3, 0.4) is 0 Å². The summed E-state index contributed by atoms with van der Waals surface area (Å²) in [7, 11) is 0. The molecule has 0 aliphatic rings. The number of hydrogen-bond acceptors (Lipinski definition) is 4. The summed E-state index contributed by atoms with van der Waals surface area (Å²) in [4.78, 5) is 15.4. The van der Waals surface area contributed by atoms with Crippen molar-refractivity contribution in [2.75, 3.05) is 6.61 Å². The Morgan fingerprint density at radius 1 is 1.60 bits per heavy atom. The largest absolute Gasteiger partial charge is 0.459 e. The van der Waals surface area contributed by atoms with Gasteiger partial charge in [0.1, 0.15) is 5.52 Å². The maximum atomic E-state index is 11.3. The summed E-state index contributed by atoms with van der Waals surface area (Å²) >= 11 is 3.31. The lowest BCUT2D eigenvalue weighted by Crippen LogP contribution is -2.04. The molecule has 15 heavy (non-hydrogen) atoms. The van der Waals surface area contributed by atoms with E-state index in [1.807, 2.05) is 12.1 Å². The van der Waals surface area contributed by atoms with E-state index in [-0.39, 0.29) is 5.89 Å². The number of oxazole rings is 1. The van der Waals surface area contributed by atoms with E-state index in [9.17, 15) is 4.79 Å². The number of aromatic nitrogens is 1. The van der Waals surface area contributed by atoms with E-state index in [2.05, 4.69) is 20.9 Å². The molecule has 2 rings (SSSR count). The van der Waals surface area contributed by atoms with E-state index in [1.165, 1.54) is 0 Å².